The zero-order valence-corrected chi connectivity index (χ0v) is 13.2. The van der Waals surface area contributed by atoms with E-state index in [0.717, 1.165) is 44.6 Å². The van der Waals surface area contributed by atoms with Crippen LogP contribution in [0.5, 0.6) is 5.75 Å². The number of aromatic hydroxyl groups is 1. The van der Waals surface area contributed by atoms with E-state index in [1.807, 2.05) is 30.0 Å². The van der Waals surface area contributed by atoms with E-state index in [1.54, 1.807) is 6.07 Å². The van der Waals surface area contributed by atoms with Crippen LogP contribution >= 0.6 is 0 Å². The molecule has 2 aliphatic rings. The first-order chi connectivity index (χ1) is 10.6. The lowest BCUT2D eigenvalue weighted by atomic mass is 9.89. The third kappa shape index (κ3) is 2.90. The molecule has 1 atom stereocenters. The van der Waals surface area contributed by atoms with Crippen molar-refractivity contribution in [2.75, 3.05) is 37.6 Å². The first kappa shape index (κ1) is 15.2. The number of rotatable bonds is 2. The Morgan fingerprint density at radius 2 is 1.91 bits per heavy atom. The van der Waals surface area contributed by atoms with E-state index in [9.17, 15) is 9.90 Å². The van der Waals surface area contributed by atoms with Gasteiger partial charge in [0.05, 0.1) is 11.2 Å². The van der Waals surface area contributed by atoms with E-state index in [-0.39, 0.29) is 5.91 Å². The third-order valence-electron chi connectivity index (χ3n) is 4.88. The van der Waals surface area contributed by atoms with Gasteiger partial charge in [0.1, 0.15) is 5.75 Å². The second-order valence-corrected chi connectivity index (χ2v) is 6.48. The SMILES string of the molecule is CC1(C(=O)N2CCN(c3ccccc3O)CC2)CCCCN1. The van der Waals surface area contributed by atoms with Gasteiger partial charge in [-0.3, -0.25) is 4.79 Å². The molecule has 2 fully saturated rings. The smallest absolute Gasteiger partial charge is 0.242 e. The minimum atomic E-state index is -0.394. The number of benzene rings is 1. The summed E-state index contributed by atoms with van der Waals surface area (Å²) in [5, 5.41) is 13.4. The summed E-state index contributed by atoms with van der Waals surface area (Å²) in [7, 11) is 0. The summed E-state index contributed by atoms with van der Waals surface area (Å²) >= 11 is 0. The second-order valence-electron chi connectivity index (χ2n) is 6.48. The molecule has 0 aliphatic carbocycles. The van der Waals surface area contributed by atoms with Crippen molar-refractivity contribution in [1.29, 1.82) is 0 Å². The highest BCUT2D eigenvalue weighted by Gasteiger charge is 2.38. The van der Waals surface area contributed by atoms with Crippen LogP contribution in [0.25, 0.3) is 0 Å². The van der Waals surface area contributed by atoms with Gasteiger partial charge in [-0.15, -0.1) is 0 Å². The molecule has 1 unspecified atom stereocenters. The Morgan fingerprint density at radius 1 is 1.18 bits per heavy atom. The minimum Gasteiger partial charge on any atom is -0.506 e. The number of carbonyl (C=O) groups is 1. The molecule has 1 aromatic rings. The minimum absolute atomic E-state index is 0.226. The number of nitrogens with zero attached hydrogens (tertiary/aromatic N) is 2. The lowest BCUT2D eigenvalue weighted by molar-refractivity contribution is -0.139. The Morgan fingerprint density at radius 3 is 2.55 bits per heavy atom. The van der Waals surface area contributed by atoms with Crippen LogP contribution in [0.4, 0.5) is 5.69 Å². The largest absolute Gasteiger partial charge is 0.506 e. The molecule has 0 saturated carbocycles. The van der Waals surface area contributed by atoms with E-state index in [2.05, 4.69) is 10.2 Å². The topological polar surface area (TPSA) is 55.8 Å². The zero-order valence-electron chi connectivity index (χ0n) is 13.2. The van der Waals surface area contributed by atoms with Crippen molar-refractivity contribution < 1.29 is 9.90 Å². The van der Waals surface area contributed by atoms with Crippen LogP contribution in [-0.2, 0) is 4.79 Å². The van der Waals surface area contributed by atoms with Crippen LogP contribution in [0.1, 0.15) is 26.2 Å². The maximum Gasteiger partial charge on any atom is 0.242 e. The Balaban J connectivity index is 1.62. The van der Waals surface area contributed by atoms with Gasteiger partial charge in [-0.05, 0) is 44.9 Å². The number of amides is 1. The molecule has 120 valence electrons. The molecule has 1 amide bonds. The van der Waals surface area contributed by atoms with Gasteiger partial charge in [0.15, 0.2) is 0 Å². The van der Waals surface area contributed by atoms with Crippen LogP contribution in [0.3, 0.4) is 0 Å². The highest BCUT2D eigenvalue weighted by atomic mass is 16.3. The monoisotopic (exact) mass is 303 g/mol. The van der Waals surface area contributed by atoms with E-state index >= 15 is 0 Å². The Kier molecular flexibility index (Phi) is 4.25. The molecule has 3 rings (SSSR count). The first-order valence-corrected chi connectivity index (χ1v) is 8.17. The fourth-order valence-corrected chi connectivity index (χ4v) is 3.47. The maximum atomic E-state index is 12.8. The van der Waals surface area contributed by atoms with E-state index < -0.39 is 5.54 Å². The van der Waals surface area contributed by atoms with Gasteiger partial charge in [0.2, 0.25) is 5.91 Å². The van der Waals surface area contributed by atoms with Crippen LogP contribution in [0, 0.1) is 0 Å². The molecule has 0 radical (unpaired) electrons. The molecule has 5 heteroatoms. The number of piperidine rings is 1. The molecule has 2 aliphatic heterocycles. The summed E-state index contributed by atoms with van der Waals surface area (Å²) in [6.07, 6.45) is 3.20. The third-order valence-corrected chi connectivity index (χ3v) is 4.88. The zero-order chi connectivity index (χ0) is 15.6. The Hall–Kier alpha value is -1.75. The van der Waals surface area contributed by atoms with Crippen molar-refractivity contribution in [2.24, 2.45) is 0 Å². The number of phenolic OH excluding ortho intramolecular Hbond substituents is 1. The molecule has 2 heterocycles. The highest BCUT2D eigenvalue weighted by Crippen LogP contribution is 2.28. The molecule has 5 nitrogen and oxygen atoms in total. The normalized spacial score (nSPS) is 26.0. The first-order valence-electron chi connectivity index (χ1n) is 8.17. The summed E-state index contributed by atoms with van der Waals surface area (Å²) in [6, 6.07) is 7.39. The summed E-state index contributed by atoms with van der Waals surface area (Å²) < 4.78 is 0. The average molecular weight is 303 g/mol. The quantitative estimate of drug-likeness (QED) is 0.871. The maximum absolute atomic E-state index is 12.8. The number of hydrogen-bond donors (Lipinski definition) is 2. The van der Waals surface area contributed by atoms with E-state index in [0.29, 0.717) is 18.8 Å². The molecule has 2 saturated heterocycles. The Bertz CT molecular complexity index is 532. The summed E-state index contributed by atoms with van der Waals surface area (Å²) in [5.41, 5.74) is 0.464. The number of anilines is 1. The van der Waals surface area contributed by atoms with Gasteiger partial charge >= 0.3 is 0 Å². The number of hydrogen-bond acceptors (Lipinski definition) is 4. The number of para-hydroxylation sites is 2. The average Bonchev–Trinajstić information content (AvgIpc) is 2.55. The molecule has 0 bridgehead atoms. The van der Waals surface area contributed by atoms with Crippen LogP contribution in [0.2, 0.25) is 0 Å². The van der Waals surface area contributed by atoms with Crippen LogP contribution in [0.15, 0.2) is 24.3 Å². The second kappa shape index (κ2) is 6.16. The van der Waals surface area contributed by atoms with Gasteiger partial charge in [-0.25, -0.2) is 0 Å². The van der Waals surface area contributed by atoms with Crippen molar-refractivity contribution in [3.8, 4) is 5.75 Å². The van der Waals surface area contributed by atoms with Gasteiger partial charge < -0.3 is 20.2 Å². The number of phenols is 1. The van der Waals surface area contributed by atoms with Crippen molar-refractivity contribution in [3.63, 3.8) is 0 Å². The molecule has 0 spiro atoms. The van der Waals surface area contributed by atoms with Gasteiger partial charge in [-0.2, -0.15) is 0 Å². The van der Waals surface area contributed by atoms with Crippen molar-refractivity contribution in [2.45, 2.75) is 31.7 Å². The fraction of sp³-hybridized carbons (Fsp3) is 0.588. The predicted octanol–water partition coefficient (Wildman–Crippen LogP) is 1.57. The standard InChI is InChI=1S/C17H25N3O2/c1-17(8-4-5-9-18-17)16(22)20-12-10-19(11-13-20)14-6-2-3-7-15(14)21/h2-3,6-7,18,21H,4-5,8-13H2,1H3. The van der Waals surface area contributed by atoms with Crippen molar-refractivity contribution in [3.05, 3.63) is 24.3 Å². The van der Waals surface area contributed by atoms with Crippen molar-refractivity contribution >= 4 is 11.6 Å². The highest BCUT2D eigenvalue weighted by molar-refractivity contribution is 5.86. The summed E-state index contributed by atoms with van der Waals surface area (Å²) in [6.45, 7) is 5.91. The number of piperazine rings is 1. The predicted molar refractivity (Wildman–Crippen MR) is 87.2 cm³/mol. The fourth-order valence-electron chi connectivity index (χ4n) is 3.47. The van der Waals surface area contributed by atoms with E-state index in [4.69, 9.17) is 0 Å². The summed E-state index contributed by atoms with van der Waals surface area (Å²) in [5.74, 6) is 0.535. The van der Waals surface area contributed by atoms with Crippen LogP contribution in [-0.4, -0.2) is 54.2 Å². The molecule has 2 N–H and O–H groups in total. The summed E-state index contributed by atoms with van der Waals surface area (Å²) in [4.78, 5) is 16.9. The van der Waals surface area contributed by atoms with Crippen LogP contribution < -0.4 is 10.2 Å². The number of carbonyl (C=O) groups excluding carboxylic acids is 1. The molecular formula is C17H25N3O2. The molecule has 22 heavy (non-hydrogen) atoms. The van der Waals surface area contributed by atoms with Gasteiger partial charge in [0.25, 0.3) is 0 Å². The van der Waals surface area contributed by atoms with Gasteiger partial charge in [0, 0.05) is 26.2 Å². The molecular weight excluding hydrogens is 278 g/mol. The number of nitrogens with one attached hydrogen (secondary N) is 1. The lowest BCUT2D eigenvalue weighted by Crippen LogP contribution is -2.61. The molecule has 0 aromatic heterocycles. The Labute approximate surface area is 131 Å². The van der Waals surface area contributed by atoms with Gasteiger partial charge in [-0.1, -0.05) is 12.1 Å². The van der Waals surface area contributed by atoms with E-state index in [1.165, 1.54) is 0 Å². The lowest BCUT2D eigenvalue weighted by Gasteiger charge is -2.42. The molecule has 1 aromatic carbocycles. The van der Waals surface area contributed by atoms with Crippen molar-refractivity contribution in [1.82, 2.24) is 10.2 Å².